The summed E-state index contributed by atoms with van der Waals surface area (Å²) in [6, 6.07) is 13.2. The molecule has 0 unspecified atom stereocenters. The second kappa shape index (κ2) is 7.05. The van der Waals surface area contributed by atoms with Gasteiger partial charge in [0.2, 0.25) is 5.88 Å². The van der Waals surface area contributed by atoms with Crippen molar-refractivity contribution in [2.24, 2.45) is 5.18 Å². The van der Waals surface area contributed by atoms with E-state index in [-0.39, 0.29) is 11.6 Å². The molecule has 2 aromatic carbocycles. The Labute approximate surface area is 148 Å². The van der Waals surface area contributed by atoms with Gasteiger partial charge in [0.1, 0.15) is 5.75 Å². The number of aromatic hydroxyl groups is 1. The lowest BCUT2D eigenvalue weighted by Gasteiger charge is -2.10. The highest BCUT2D eigenvalue weighted by Crippen LogP contribution is 2.39. The molecule has 0 aliphatic carbocycles. The first kappa shape index (κ1) is 16.5. The Morgan fingerprint density at radius 3 is 2.67 bits per heavy atom. The van der Waals surface area contributed by atoms with Gasteiger partial charge in [0.25, 0.3) is 0 Å². The van der Waals surface area contributed by atoms with Crippen LogP contribution in [0.15, 0.2) is 52.1 Å². The molecule has 0 bridgehead atoms. The molecule has 24 heavy (non-hydrogen) atoms. The minimum absolute atomic E-state index is 0.0852. The first-order valence-electron chi connectivity index (χ1n) is 7.64. The van der Waals surface area contributed by atoms with E-state index in [4.69, 9.17) is 4.74 Å². The number of rotatable bonds is 6. The quantitative estimate of drug-likeness (QED) is 0.461. The number of aryl methyl sites for hydroxylation is 2. The van der Waals surface area contributed by atoms with Crippen LogP contribution in [0.1, 0.15) is 12.0 Å². The van der Waals surface area contributed by atoms with E-state index in [9.17, 15) is 10.0 Å². The zero-order chi connectivity index (χ0) is 17.1. The number of ether oxygens (including phenoxy) is 1. The number of nitroso groups, excluding NO2 is 1. The standard InChI is InChI=1S/C18H17BrN2O3/c1-12-4-2-5-15-16(20-23)18(22)21(17(12)15)10-3-11-24-14-8-6-13(19)7-9-14/h2,4-9,22H,3,10-11H2,1H3. The van der Waals surface area contributed by atoms with Crippen LogP contribution in [0.3, 0.4) is 0 Å². The van der Waals surface area contributed by atoms with Crippen molar-refractivity contribution in [3.8, 4) is 11.6 Å². The van der Waals surface area contributed by atoms with Crippen molar-refractivity contribution in [2.45, 2.75) is 19.9 Å². The number of fused-ring (bicyclic) bond motifs is 1. The average Bonchev–Trinajstić information content (AvgIpc) is 2.86. The van der Waals surface area contributed by atoms with Crippen LogP contribution in [-0.2, 0) is 6.54 Å². The molecule has 0 radical (unpaired) electrons. The van der Waals surface area contributed by atoms with E-state index in [0.717, 1.165) is 21.3 Å². The van der Waals surface area contributed by atoms with Crippen molar-refractivity contribution >= 4 is 32.5 Å². The average molecular weight is 389 g/mol. The SMILES string of the molecule is Cc1cccc2c(N=O)c(O)n(CCCOc3ccc(Br)cc3)c12. The third-order valence-corrected chi connectivity index (χ3v) is 4.46. The van der Waals surface area contributed by atoms with Crippen LogP contribution < -0.4 is 4.74 Å². The summed E-state index contributed by atoms with van der Waals surface area (Å²) in [5, 5.41) is 14.0. The highest BCUT2D eigenvalue weighted by molar-refractivity contribution is 9.10. The second-order valence-corrected chi connectivity index (χ2v) is 6.46. The molecule has 1 N–H and O–H groups in total. The van der Waals surface area contributed by atoms with Crippen molar-refractivity contribution < 1.29 is 9.84 Å². The molecule has 1 heterocycles. The molecular weight excluding hydrogens is 372 g/mol. The molecule has 1 aromatic heterocycles. The molecule has 0 saturated carbocycles. The van der Waals surface area contributed by atoms with Crippen LogP contribution >= 0.6 is 15.9 Å². The van der Waals surface area contributed by atoms with Gasteiger partial charge in [0.15, 0.2) is 5.69 Å². The summed E-state index contributed by atoms with van der Waals surface area (Å²) in [6.07, 6.45) is 0.694. The van der Waals surface area contributed by atoms with E-state index in [1.165, 1.54) is 0 Å². The molecule has 0 aliphatic heterocycles. The topological polar surface area (TPSA) is 63.8 Å². The molecule has 124 valence electrons. The summed E-state index contributed by atoms with van der Waals surface area (Å²) >= 11 is 3.38. The molecule has 0 spiro atoms. The summed E-state index contributed by atoms with van der Waals surface area (Å²) in [5.74, 6) is 0.712. The van der Waals surface area contributed by atoms with Crippen molar-refractivity contribution in [3.63, 3.8) is 0 Å². The fourth-order valence-electron chi connectivity index (χ4n) is 2.81. The van der Waals surface area contributed by atoms with Crippen LogP contribution in [0.25, 0.3) is 10.9 Å². The van der Waals surface area contributed by atoms with Crippen molar-refractivity contribution in [3.05, 3.63) is 57.4 Å². The minimum atomic E-state index is -0.0852. The van der Waals surface area contributed by atoms with Gasteiger partial charge in [0, 0.05) is 16.4 Å². The van der Waals surface area contributed by atoms with E-state index in [1.807, 2.05) is 43.3 Å². The van der Waals surface area contributed by atoms with Gasteiger partial charge in [-0.3, -0.25) is 0 Å². The monoisotopic (exact) mass is 388 g/mol. The zero-order valence-corrected chi connectivity index (χ0v) is 14.8. The van der Waals surface area contributed by atoms with Gasteiger partial charge >= 0.3 is 0 Å². The summed E-state index contributed by atoms with van der Waals surface area (Å²) in [5.41, 5.74) is 1.93. The summed E-state index contributed by atoms with van der Waals surface area (Å²) in [7, 11) is 0. The number of benzene rings is 2. The van der Waals surface area contributed by atoms with Gasteiger partial charge in [-0.25, -0.2) is 0 Å². The zero-order valence-electron chi connectivity index (χ0n) is 13.2. The number of hydrogen-bond acceptors (Lipinski definition) is 4. The Morgan fingerprint density at radius 1 is 1.21 bits per heavy atom. The number of nitrogens with zero attached hydrogens (tertiary/aromatic N) is 2. The second-order valence-electron chi connectivity index (χ2n) is 5.54. The first-order chi connectivity index (χ1) is 11.6. The lowest BCUT2D eigenvalue weighted by molar-refractivity contribution is 0.298. The summed E-state index contributed by atoms with van der Waals surface area (Å²) in [4.78, 5) is 11.1. The molecule has 3 rings (SSSR count). The molecule has 0 aliphatic rings. The highest BCUT2D eigenvalue weighted by atomic mass is 79.9. The van der Waals surface area contributed by atoms with E-state index < -0.39 is 0 Å². The summed E-state index contributed by atoms with van der Waals surface area (Å²) < 4.78 is 8.43. The highest BCUT2D eigenvalue weighted by Gasteiger charge is 2.18. The van der Waals surface area contributed by atoms with Gasteiger partial charge < -0.3 is 14.4 Å². The van der Waals surface area contributed by atoms with Gasteiger partial charge in [-0.15, -0.1) is 4.91 Å². The Balaban J connectivity index is 1.74. The van der Waals surface area contributed by atoms with Crippen LogP contribution in [0.5, 0.6) is 11.6 Å². The van der Waals surface area contributed by atoms with Crippen LogP contribution in [0, 0.1) is 11.8 Å². The third-order valence-electron chi connectivity index (χ3n) is 3.93. The Bertz CT molecular complexity index is 872. The van der Waals surface area contributed by atoms with Crippen molar-refractivity contribution in [2.75, 3.05) is 6.61 Å². The molecule has 0 fully saturated rings. The molecule has 0 saturated heterocycles. The van der Waals surface area contributed by atoms with Gasteiger partial charge in [0.05, 0.1) is 12.1 Å². The van der Waals surface area contributed by atoms with E-state index in [1.54, 1.807) is 10.6 Å². The molecular formula is C18H17BrN2O3. The number of halogens is 1. The van der Waals surface area contributed by atoms with Crippen molar-refractivity contribution in [1.29, 1.82) is 0 Å². The van der Waals surface area contributed by atoms with E-state index >= 15 is 0 Å². The fraction of sp³-hybridized carbons (Fsp3) is 0.222. The lowest BCUT2D eigenvalue weighted by atomic mass is 10.1. The van der Waals surface area contributed by atoms with Gasteiger partial charge in [-0.05, 0) is 48.4 Å². The van der Waals surface area contributed by atoms with Crippen molar-refractivity contribution in [1.82, 2.24) is 4.57 Å². The molecule has 3 aromatic rings. The van der Waals surface area contributed by atoms with E-state index in [0.29, 0.717) is 25.0 Å². The van der Waals surface area contributed by atoms with Crippen LogP contribution in [0.4, 0.5) is 5.69 Å². The predicted octanol–water partition coefficient (Wildman–Crippen LogP) is 5.28. The normalized spacial score (nSPS) is 10.9. The Hall–Kier alpha value is -2.34. The lowest BCUT2D eigenvalue weighted by Crippen LogP contribution is -2.04. The van der Waals surface area contributed by atoms with E-state index in [2.05, 4.69) is 21.1 Å². The predicted molar refractivity (Wildman–Crippen MR) is 98.0 cm³/mol. The maximum absolute atomic E-state index is 11.1. The fourth-order valence-corrected chi connectivity index (χ4v) is 3.08. The molecule has 5 nitrogen and oxygen atoms in total. The maximum atomic E-state index is 11.1. The Kier molecular flexibility index (Phi) is 4.85. The van der Waals surface area contributed by atoms with Gasteiger partial charge in [-0.2, -0.15) is 0 Å². The number of aromatic nitrogens is 1. The molecule has 0 atom stereocenters. The first-order valence-corrected chi connectivity index (χ1v) is 8.43. The largest absolute Gasteiger partial charge is 0.494 e. The maximum Gasteiger partial charge on any atom is 0.222 e. The summed E-state index contributed by atoms with van der Waals surface area (Å²) in [6.45, 7) is 3.00. The third kappa shape index (κ3) is 3.14. The molecule has 6 heteroatoms. The van der Waals surface area contributed by atoms with Crippen LogP contribution in [-0.4, -0.2) is 16.3 Å². The minimum Gasteiger partial charge on any atom is -0.494 e. The Morgan fingerprint density at radius 2 is 1.96 bits per heavy atom. The number of hydrogen-bond donors (Lipinski definition) is 1. The van der Waals surface area contributed by atoms with Crippen LogP contribution in [0.2, 0.25) is 0 Å². The van der Waals surface area contributed by atoms with Gasteiger partial charge in [-0.1, -0.05) is 34.1 Å². The molecule has 0 amide bonds. The number of para-hydroxylation sites is 1. The smallest absolute Gasteiger partial charge is 0.222 e.